The van der Waals surface area contributed by atoms with Gasteiger partial charge < -0.3 is 20.3 Å². The Balaban J connectivity index is 1.12. The predicted molar refractivity (Wildman–Crippen MR) is 173 cm³/mol. The van der Waals surface area contributed by atoms with Crippen LogP contribution in [-0.4, -0.2) is 40.8 Å². The van der Waals surface area contributed by atoms with Gasteiger partial charge in [0.05, 0.1) is 28.4 Å². The molecule has 1 atom stereocenters. The molecule has 1 saturated heterocycles. The highest BCUT2D eigenvalue weighted by Gasteiger charge is 2.35. The van der Waals surface area contributed by atoms with Crippen molar-refractivity contribution in [2.24, 2.45) is 11.8 Å². The molecule has 2 aliphatic heterocycles. The van der Waals surface area contributed by atoms with Crippen LogP contribution in [0.5, 0.6) is 11.5 Å². The number of para-hydroxylation sites is 1. The zero-order chi connectivity index (χ0) is 31.1. The lowest BCUT2D eigenvalue weighted by atomic mass is 9.96. The Morgan fingerprint density at radius 3 is 2.69 bits per heavy atom. The Morgan fingerprint density at radius 1 is 1.11 bits per heavy atom. The minimum atomic E-state index is -0.441. The van der Waals surface area contributed by atoms with Crippen molar-refractivity contribution < 1.29 is 19.1 Å². The van der Waals surface area contributed by atoms with E-state index in [1.807, 2.05) is 61.5 Å². The molecular weight excluding hydrogens is 588 g/mol. The molecule has 2 fully saturated rings. The van der Waals surface area contributed by atoms with Crippen LogP contribution in [0.1, 0.15) is 31.2 Å². The summed E-state index contributed by atoms with van der Waals surface area (Å²) in [5, 5.41) is 16.8. The van der Waals surface area contributed by atoms with Gasteiger partial charge in [-0.2, -0.15) is 5.26 Å². The van der Waals surface area contributed by atoms with Crippen LogP contribution in [0.15, 0.2) is 72.4 Å². The van der Waals surface area contributed by atoms with Gasteiger partial charge in [0.1, 0.15) is 33.0 Å². The van der Waals surface area contributed by atoms with Gasteiger partial charge in [-0.05, 0) is 80.5 Å². The van der Waals surface area contributed by atoms with Crippen LogP contribution in [-0.2, 0) is 9.59 Å². The number of nitriles is 1. The molecule has 4 heterocycles. The molecule has 0 bridgehead atoms. The smallest absolute Gasteiger partial charge is 0.331 e. The van der Waals surface area contributed by atoms with Crippen molar-refractivity contribution in [2.45, 2.75) is 32.6 Å². The van der Waals surface area contributed by atoms with Gasteiger partial charge in [0.2, 0.25) is 5.91 Å². The number of pyridine rings is 1. The standard InChI is InChI=1S/C34H30N6O4S/c1-20-16-25(44-24-7-3-2-4-8-24)11-12-26(20)40-27-13-14-36-31-28(27)29(37-34(40)43)32(45-31)38-30(41)22-6-5-15-39(19-22)33(42)23(18-35)17-21-9-10-21/h2-4,7-8,11-14,16-17,21-22H,5-6,9-10,15,19H2,1H3,(H,37,43)(H,38,41). The third-order valence-electron chi connectivity index (χ3n) is 8.33. The van der Waals surface area contributed by atoms with E-state index in [2.05, 4.69) is 15.6 Å². The van der Waals surface area contributed by atoms with E-state index in [0.29, 0.717) is 57.9 Å². The van der Waals surface area contributed by atoms with Crippen molar-refractivity contribution >= 4 is 61.5 Å². The second kappa shape index (κ2) is 11.7. The number of nitrogens with one attached hydrogen (secondary N) is 2. The molecule has 4 aromatic rings. The van der Waals surface area contributed by atoms with E-state index in [1.54, 1.807) is 28.1 Å². The third-order valence-corrected chi connectivity index (χ3v) is 9.34. The van der Waals surface area contributed by atoms with Crippen LogP contribution in [0, 0.1) is 30.1 Å². The van der Waals surface area contributed by atoms with Gasteiger partial charge in [-0.3, -0.25) is 14.5 Å². The summed E-state index contributed by atoms with van der Waals surface area (Å²) in [5.74, 6) is 0.700. The first-order valence-electron chi connectivity index (χ1n) is 15.0. The number of aryl methyl sites for hydroxylation is 1. The van der Waals surface area contributed by atoms with Crippen LogP contribution in [0.2, 0.25) is 0 Å². The number of aromatic nitrogens is 1. The molecule has 0 radical (unpaired) electrons. The van der Waals surface area contributed by atoms with Crippen molar-refractivity contribution in [3.63, 3.8) is 0 Å². The zero-order valence-corrected chi connectivity index (χ0v) is 25.4. The van der Waals surface area contributed by atoms with Crippen molar-refractivity contribution in [3.8, 4) is 17.6 Å². The third kappa shape index (κ3) is 5.60. The first-order chi connectivity index (χ1) is 21.9. The SMILES string of the molecule is Cc1cc(Oc2ccccc2)ccc1N1C(=O)Nc2c(NC(=O)C3CCCN(C(=O)C(C#N)=CC4CC4)C3)sc3nccc1c23. The lowest BCUT2D eigenvalue weighted by Crippen LogP contribution is -2.44. The van der Waals surface area contributed by atoms with Crippen LogP contribution >= 0.6 is 11.3 Å². The van der Waals surface area contributed by atoms with Crippen molar-refractivity contribution in [3.05, 3.63) is 78.0 Å². The number of carbonyl (C=O) groups excluding carboxylic acids is 3. The Kier molecular flexibility index (Phi) is 7.43. The highest BCUT2D eigenvalue weighted by Crippen LogP contribution is 2.49. The monoisotopic (exact) mass is 618 g/mol. The molecule has 1 unspecified atom stereocenters. The van der Waals surface area contributed by atoms with E-state index in [9.17, 15) is 19.6 Å². The second-order valence-electron chi connectivity index (χ2n) is 11.6. The van der Waals surface area contributed by atoms with Gasteiger partial charge in [-0.15, -0.1) is 0 Å². The number of amides is 4. The summed E-state index contributed by atoms with van der Waals surface area (Å²) < 4.78 is 5.98. The molecule has 7 rings (SSSR count). The Labute approximate surface area is 263 Å². The van der Waals surface area contributed by atoms with Crippen LogP contribution in [0.4, 0.5) is 26.9 Å². The number of nitrogens with zero attached hydrogens (tertiary/aromatic N) is 4. The summed E-state index contributed by atoms with van der Waals surface area (Å²) in [6.07, 6.45) is 6.71. The molecule has 0 spiro atoms. The lowest BCUT2D eigenvalue weighted by molar-refractivity contribution is -0.130. The van der Waals surface area contributed by atoms with E-state index < -0.39 is 5.92 Å². The number of urea groups is 1. The average Bonchev–Trinajstić information content (AvgIpc) is 3.81. The van der Waals surface area contributed by atoms with Crippen molar-refractivity contribution in [2.75, 3.05) is 28.6 Å². The summed E-state index contributed by atoms with van der Waals surface area (Å²) in [6, 6.07) is 18.6. The van der Waals surface area contributed by atoms with Crippen molar-refractivity contribution in [1.82, 2.24) is 9.88 Å². The van der Waals surface area contributed by atoms with Gasteiger partial charge in [0, 0.05) is 19.3 Å². The number of carbonyl (C=O) groups is 3. The van der Waals surface area contributed by atoms with Gasteiger partial charge in [-0.25, -0.2) is 9.78 Å². The number of likely N-dealkylation sites (tertiary alicyclic amines) is 1. The van der Waals surface area contributed by atoms with Crippen LogP contribution in [0.3, 0.4) is 0 Å². The van der Waals surface area contributed by atoms with E-state index in [4.69, 9.17) is 4.74 Å². The van der Waals surface area contributed by atoms with E-state index in [0.717, 1.165) is 29.5 Å². The summed E-state index contributed by atoms with van der Waals surface area (Å²) in [5.41, 5.74) is 2.88. The van der Waals surface area contributed by atoms with E-state index >= 15 is 0 Å². The molecule has 11 heteroatoms. The van der Waals surface area contributed by atoms with Gasteiger partial charge in [0.15, 0.2) is 0 Å². The summed E-state index contributed by atoms with van der Waals surface area (Å²) in [6.45, 7) is 2.67. The van der Waals surface area contributed by atoms with E-state index in [1.165, 1.54) is 11.3 Å². The average molecular weight is 619 g/mol. The fraction of sp³-hybridized carbons (Fsp3) is 0.265. The molecule has 3 aliphatic rings. The summed E-state index contributed by atoms with van der Waals surface area (Å²) in [4.78, 5) is 48.6. The molecule has 45 heavy (non-hydrogen) atoms. The number of hydrogen-bond acceptors (Lipinski definition) is 7. The number of rotatable bonds is 7. The minimum absolute atomic E-state index is 0.159. The molecule has 2 aromatic heterocycles. The minimum Gasteiger partial charge on any atom is -0.457 e. The quantitative estimate of drug-likeness (QED) is 0.168. The van der Waals surface area contributed by atoms with Crippen molar-refractivity contribution in [1.29, 1.82) is 5.26 Å². The maximum absolute atomic E-state index is 13.6. The number of allylic oxidation sites excluding steroid dienone is 1. The number of hydrogen-bond donors (Lipinski definition) is 2. The van der Waals surface area contributed by atoms with Gasteiger partial charge in [-0.1, -0.05) is 35.6 Å². The normalized spacial score (nSPS) is 17.9. The highest BCUT2D eigenvalue weighted by molar-refractivity contribution is 7.23. The van der Waals surface area contributed by atoms with Crippen LogP contribution in [0.25, 0.3) is 10.2 Å². The first kappa shape index (κ1) is 28.6. The predicted octanol–water partition coefficient (Wildman–Crippen LogP) is 7.12. The molecule has 10 nitrogen and oxygen atoms in total. The topological polar surface area (TPSA) is 128 Å². The fourth-order valence-electron chi connectivity index (χ4n) is 5.89. The van der Waals surface area contributed by atoms with Gasteiger partial charge in [0.25, 0.3) is 5.91 Å². The molecule has 4 amide bonds. The summed E-state index contributed by atoms with van der Waals surface area (Å²) in [7, 11) is 0. The fourth-order valence-corrected chi connectivity index (χ4v) is 6.92. The zero-order valence-electron chi connectivity index (χ0n) is 24.6. The Morgan fingerprint density at radius 2 is 1.93 bits per heavy atom. The molecular formula is C34H30N6O4S. The highest BCUT2D eigenvalue weighted by atomic mass is 32.1. The first-order valence-corrected chi connectivity index (χ1v) is 15.8. The number of piperidine rings is 1. The number of anilines is 4. The summed E-state index contributed by atoms with van der Waals surface area (Å²) >= 11 is 1.29. The maximum Gasteiger partial charge on any atom is 0.331 e. The number of thiophene rings is 1. The Bertz CT molecular complexity index is 1910. The van der Waals surface area contributed by atoms with E-state index in [-0.39, 0.29) is 30.0 Å². The molecule has 226 valence electrons. The lowest BCUT2D eigenvalue weighted by Gasteiger charge is -2.32. The number of benzene rings is 2. The Hall–Kier alpha value is -5.21. The molecule has 2 N–H and O–H groups in total. The van der Waals surface area contributed by atoms with Gasteiger partial charge >= 0.3 is 6.03 Å². The largest absolute Gasteiger partial charge is 0.457 e. The molecule has 1 aliphatic carbocycles. The molecule has 2 aromatic carbocycles. The second-order valence-corrected chi connectivity index (χ2v) is 12.6. The molecule has 1 saturated carbocycles. The maximum atomic E-state index is 13.6. The van der Waals surface area contributed by atoms with Crippen LogP contribution < -0.4 is 20.3 Å². The number of ether oxygens (including phenoxy) is 1.